The van der Waals surface area contributed by atoms with Crippen molar-refractivity contribution in [3.63, 3.8) is 0 Å². The Balaban J connectivity index is 1.96. The maximum atomic E-state index is 5.65. The molecule has 0 amide bonds. The molecule has 0 aliphatic heterocycles. The number of aryl methyl sites for hydroxylation is 1. The summed E-state index contributed by atoms with van der Waals surface area (Å²) in [5.41, 5.74) is 1.22. The highest BCUT2D eigenvalue weighted by atomic mass is 16.5. The van der Waals surface area contributed by atoms with Crippen molar-refractivity contribution < 1.29 is 9.15 Å². The highest BCUT2D eigenvalue weighted by Crippen LogP contribution is 2.21. The van der Waals surface area contributed by atoms with Crippen LogP contribution in [-0.2, 0) is 6.42 Å². The predicted octanol–water partition coefficient (Wildman–Crippen LogP) is 3.88. The van der Waals surface area contributed by atoms with E-state index in [2.05, 4.69) is 25.2 Å². The zero-order valence-corrected chi connectivity index (χ0v) is 12.6. The van der Waals surface area contributed by atoms with Crippen molar-refractivity contribution in [1.82, 2.24) is 5.32 Å². The molecule has 0 spiro atoms. The second-order valence-corrected chi connectivity index (χ2v) is 5.25. The van der Waals surface area contributed by atoms with Gasteiger partial charge in [0.05, 0.1) is 13.2 Å². The number of ether oxygens (including phenoxy) is 1. The van der Waals surface area contributed by atoms with Crippen LogP contribution in [0.1, 0.15) is 37.0 Å². The second kappa shape index (κ2) is 6.62. The van der Waals surface area contributed by atoms with Crippen LogP contribution in [0.15, 0.2) is 40.8 Å². The Morgan fingerprint density at radius 1 is 1.15 bits per heavy atom. The number of benzene rings is 1. The summed E-state index contributed by atoms with van der Waals surface area (Å²) in [4.78, 5) is 0. The van der Waals surface area contributed by atoms with E-state index in [1.807, 2.05) is 37.3 Å². The van der Waals surface area contributed by atoms with Gasteiger partial charge in [-0.05, 0) is 51.0 Å². The van der Waals surface area contributed by atoms with E-state index in [1.54, 1.807) is 7.11 Å². The van der Waals surface area contributed by atoms with Gasteiger partial charge in [-0.15, -0.1) is 0 Å². The van der Waals surface area contributed by atoms with E-state index in [0.29, 0.717) is 6.04 Å². The van der Waals surface area contributed by atoms with Crippen LogP contribution in [0.4, 0.5) is 0 Å². The van der Waals surface area contributed by atoms with Crippen molar-refractivity contribution in [2.45, 2.75) is 39.3 Å². The lowest BCUT2D eigenvalue weighted by Crippen LogP contribution is -2.30. The third-order valence-corrected chi connectivity index (χ3v) is 3.44. The molecule has 2 unspecified atom stereocenters. The number of hydrogen-bond donors (Lipinski definition) is 1. The Morgan fingerprint density at radius 2 is 1.90 bits per heavy atom. The molecule has 2 rings (SSSR count). The van der Waals surface area contributed by atoms with Crippen LogP contribution in [0.3, 0.4) is 0 Å². The molecule has 0 aliphatic carbocycles. The monoisotopic (exact) mass is 273 g/mol. The van der Waals surface area contributed by atoms with Gasteiger partial charge in [0.2, 0.25) is 0 Å². The molecule has 108 valence electrons. The summed E-state index contributed by atoms with van der Waals surface area (Å²) in [5, 5.41) is 3.56. The van der Waals surface area contributed by atoms with E-state index in [4.69, 9.17) is 9.15 Å². The van der Waals surface area contributed by atoms with Crippen LogP contribution in [0.2, 0.25) is 0 Å². The van der Waals surface area contributed by atoms with Crippen LogP contribution < -0.4 is 10.1 Å². The lowest BCUT2D eigenvalue weighted by Gasteiger charge is -2.19. The second-order valence-electron chi connectivity index (χ2n) is 5.25. The highest BCUT2D eigenvalue weighted by Gasteiger charge is 2.14. The van der Waals surface area contributed by atoms with Gasteiger partial charge in [0.15, 0.2) is 0 Å². The first kappa shape index (κ1) is 14.7. The average molecular weight is 273 g/mol. The smallest absolute Gasteiger partial charge is 0.122 e. The zero-order chi connectivity index (χ0) is 14.5. The van der Waals surface area contributed by atoms with E-state index in [-0.39, 0.29) is 6.04 Å². The normalized spacial score (nSPS) is 14.0. The third kappa shape index (κ3) is 3.64. The molecule has 0 radical (unpaired) electrons. The van der Waals surface area contributed by atoms with Gasteiger partial charge < -0.3 is 14.5 Å². The van der Waals surface area contributed by atoms with Crippen molar-refractivity contribution in [3.8, 4) is 5.75 Å². The molecule has 3 heteroatoms. The van der Waals surface area contributed by atoms with Gasteiger partial charge in [0, 0.05) is 6.04 Å². The molecule has 1 N–H and O–H groups in total. The SMILES string of the molecule is COc1ccccc1CC(C)NC(C)c1ccc(C)o1. The van der Waals surface area contributed by atoms with E-state index >= 15 is 0 Å². The van der Waals surface area contributed by atoms with Crippen LogP contribution in [0.25, 0.3) is 0 Å². The summed E-state index contributed by atoms with van der Waals surface area (Å²) in [6.45, 7) is 6.27. The summed E-state index contributed by atoms with van der Waals surface area (Å²) in [6, 6.07) is 12.7. The molecule has 1 heterocycles. The average Bonchev–Trinajstić information content (AvgIpc) is 2.86. The number of rotatable bonds is 6. The van der Waals surface area contributed by atoms with Crippen molar-refractivity contribution in [2.24, 2.45) is 0 Å². The molecule has 1 aromatic carbocycles. The van der Waals surface area contributed by atoms with Crippen LogP contribution in [-0.4, -0.2) is 13.2 Å². The molecule has 0 bridgehead atoms. The largest absolute Gasteiger partial charge is 0.496 e. The first-order valence-electron chi connectivity index (χ1n) is 7.04. The quantitative estimate of drug-likeness (QED) is 0.867. The summed E-state index contributed by atoms with van der Waals surface area (Å²) < 4.78 is 11.0. The number of methoxy groups -OCH3 is 1. The van der Waals surface area contributed by atoms with E-state index in [9.17, 15) is 0 Å². The minimum Gasteiger partial charge on any atom is -0.496 e. The Bertz CT molecular complexity index is 547. The molecular formula is C17H23NO2. The van der Waals surface area contributed by atoms with Gasteiger partial charge in [-0.25, -0.2) is 0 Å². The molecule has 2 aromatic rings. The molecule has 0 saturated carbocycles. The van der Waals surface area contributed by atoms with Gasteiger partial charge in [0.1, 0.15) is 17.3 Å². The Hall–Kier alpha value is -1.74. The predicted molar refractivity (Wildman–Crippen MR) is 81.2 cm³/mol. The van der Waals surface area contributed by atoms with Crippen molar-refractivity contribution in [2.75, 3.05) is 7.11 Å². The topological polar surface area (TPSA) is 34.4 Å². The molecule has 0 aliphatic rings. The minimum absolute atomic E-state index is 0.202. The van der Waals surface area contributed by atoms with Crippen molar-refractivity contribution >= 4 is 0 Å². The zero-order valence-electron chi connectivity index (χ0n) is 12.6. The highest BCUT2D eigenvalue weighted by molar-refractivity contribution is 5.33. The van der Waals surface area contributed by atoms with Gasteiger partial charge in [-0.1, -0.05) is 18.2 Å². The van der Waals surface area contributed by atoms with Crippen molar-refractivity contribution in [3.05, 3.63) is 53.5 Å². The summed E-state index contributed by atoms with van der Waals surface area (Å²) in [5.74, 6) is 2.88. The Labute approximate surface area is 121 Å². The Morgan fingerprint density at radius 3 is 2.55 bits per heavy atom. The maximum absolute atomic E-state index is 5.65. The van der Waals surface area contributed by atoms with Crippen molar-refractivity contribution in [1.29, 1.82) is 0 Å². The summed E-state index contributed by atoms with van der Waals surface area (Å²) in [6.07, 6.45) is 0.925. The summed E-state index contributed by atoms with van der Waals surface area (Å²) in [7, 11) is 1.71. The number of hydrogen-bond acceptors (Lipinski definition) is 3. The molecule has 0 saturated heterocycles. The van der Waals surface area contributed by atoms with E-state index < -0.39 is 0 Å². The maximum Gasteiger partial charge on any atom is 0.122 e. The molecule has 1 aromatic heterocycles. The summed E-state index contributed by atoms with van der Waals surface area (Å²) >= 11 is 0. The number of para-hydroxylation sites is 1. The van der Waals surface area contributed by atoms with E-state index in [1.165, 1.54) is 5.56 Å². The van der Waals surface area contributed by atoms with Crippen LogP contribution >= 0.6 is 0 Å². The third-order valence-electron chi connectivity index (χ3n) is 3.44. The molecule has 2 atom stereocenters. The fraction of sp³-hybridized carbons (Fsp3) is 0.412. The first-order chi connectivity index (χ1) is 9.60. The number of nitrogens with one attached hydrogen (secondary N) is 1. The van der Waals surface area contributed by atoms with Gasteiger partial charge >= 0.3 is 0 Å². The Kier molecular flexibility index (Phi) is 4.85. The van der Waals surface area contributed by atoms with Gasteiger partial charge in [-0.2, -0.15) is 0 Å². The fourth-order valence-electron chi connectivity index (χ4n) is 2.46. The molecule has 20 heavy (non-hydrogen) atoms. The van der Waals surface area contributed by atoms with Gasteiger partial charge in [-0.3, -0.25) is 0 Å². The number of furan rings is 1. The molecule has 3 nitrogen and oxygen atoms in total. The molecular weight excluding hydrogens is 250 g/mol. The fourth-order valence-corrected chi connectivity index (χ4v) is 2.46. The minimum atomic E-state index is 0.202. The molecule has 0 fully saturated rings. The standard InChI is InChI=1S/C17H23NO2/c1-12(11-15-7-5-6-8-17(15)19-4)18-14(3)16-10-9-13(2)20-16/h5-10,12,14,18H,11H2,1-4H3. The van der Waals surface area contributed by atoms with Crippen LogP contribution in [0.5, 0.6) is 5.75 Å². The van der Waals surface area contributed by atoms with Gasteiger partial charge in [0.25, 0.3) is 0 Å². The first-order valence-corrected chi connectivity index (χ1v) is 7.04. The lowest BCUT2D eigenvalue weighted by atomic mass is 10.1. The van der Waals surface area contributed by atoms with E-state index in [0.717, 1.165) is 23.7 Å². The van der Waals surface area contributed by atoms with Crippen LogP contribution in [0, 0.1) is 6.92 Å². The lowest BCUT2D eigenvalue weighted by molar-refractivity contribution is 0.380.